The number of hydrogen-bond acceptors (Lipinski definition) is 4. The molecule has 20 heavy (non-hydrogen) atoms. The van der Waals surface area contributed by atoms with Gasteiger partial charge in [-0.1, -0.05) is 28.4 Å². The van der Waals surface area contributed by atoms with Crippen LogP contribution in [-0.4, -0.2) is 27.1 Å². The number of anilines is 1. The van der Waals surface area contributed by atoms with E-state index < -0.39 is 5.91 Å². The number of rotatable bonds is 3. The summed E-state index contributed by atoms with van der Waals surface area (Å²) in [5.74, 6) is -0.417. The molecular weight excluding hydrogens is 305 g/mol. The highest BCUT2D eigenvalue weighted by molar-refractivity contribution is 6.42. The number of benzene rings is 1. The summed E-state index contributed by atoms with van der Waals surface area (Å²) in [6, 6.07) is 4.46. The Morgan fingerprint density at radius 3 is 2.80 bits per heavy atom. The second kappa shape index (κ2) is 5.81. The maximum atomic E-state index is 12.0. The molecule has 0 saturated heterocycles. The molecule has 5 N–H and O–H groups in total. The molecule has 0 fully saturated rings. The van der Waals surface area contributed by atoms with Crippen molar-refractivity contribution in [3.05, 3.63) is 45.6 Å². The Balaban J connectivity index is 2.24. The first-order valence-electron chi connectivity index (χ1n) is 5.30. The van der Waals surface area contributed by atoms with Gasteiger partial charge in [-0.25, -0.2) is 0 Å². The largest absolute Gasteiger partial charge is 0.409 e. The van der Waals surface area contributed by atoms with Gasteiger partial charge in [0.25, 0.3) is 5.91 Å². The van der Waals surface area contributed by atoms with Crippen LogP contribution in [0.1, 0.15) is 15.9 Å². The minimum absolute atomic E-state index is 0.178. The van der Waals surface area contributed by atoms with Gasteiger partial charge in [-0.05, 0) is 18.2 Å². The summed E-state index contributed by atoms with van der Waals surface area (Å²) in [5, 5.41) is 20.9. The van der Waals surface area contributed by atoms with Gasteiger partial charge in [-0.2, -0.15) is 5.10 Å². The number of H-pyrrole nitrogens is 1. The smallest absolute Gasteiger partial charge is 0.256 e. The SMILES string of the molecule is NC(=NO)c1cn[nH]c1NC(=O)c1ccc(Cl)c(Cl)c1. The third-order valence-electron chi connectivity index (χ3n) is 2.44. The van der Waals surface area contributed by atoms with Crippen LogP contribution < -0.4 is 11.1 Å². The van der Waals surface area contributed by atoms with Crippen molar-refractivity contribution in [1.29, 1.82) is 0 Å². The van der Waals surface area contributed by atoms with Crippen molar-refractivity contribution in [2.45, 2.75) is 0 Å². The third kappa shape index (κ3) is 2.84. The average Bonchev–Trinajstić information content (AvgIpc) is 2.89. The second-order valence-electron chi connectivity index (χ2n) is 3.73. The minimum Gasteiger partial charge on any atom is -0.409 e. The van der Waals surface area contributed by atoms with Crippen molar-refractivity contribution in [2.24, 2.45) is 10.9 Å². The van der Waals surface area contributed by atoms with Crippen LogP contribution in [0, 0.1) is 0 Å². The van der Waals surface area contributed by atoms with E-state index in [1.54, 1.807) is 0 Å². The van der Waals surface area contributed by atoms with E-state index in [0.29, 0.717) is 10.6 Å². The summed E-state index contributed by atoms with van der Waals surface area (Å²) in [6.07, 6.45) is 1.32. The molecule has 0 bridgehead atoms. The van der Waals surface area contributed by atoms with Gasteiger partial charge in [-0.15, -0.1) is 0 Å². The molecule has 1 heterocycles. The zero-order valence-electron chi connectivity index (χ0n) is 9.89. The first kappa shape index (κ1) is 14.2. The molecule has 2 aromatic rings. The zero-order valence-corrected chi connectivity index (χ0v) is 11.4. The van der Waals surface area contributed by atoms with Gasteiger partial charge in [0.15, 0.2) is 5.84 Å². The number of nitrogens with one attached hydrogen (secondary N) is 2. The average molecular weight is 314 g/mol. The highest BCUT2D eigenvalue weighted by Crippen LogP contribution is 2.23. The number of oxime groups is 1. The molecule has 0 radical (unpaired) electrons. The number of nitrogens with two attached hydrogens (primary N) is 1. The van der Waals surface area contributed by atoms with Gasteiger partial charge < -0.3 is 16.3 Å². The molecule has 7 nitrogen and oxygen atoms in total. The van der Waals surface area contributed by atoms with Crippen LogP contribution in [0.5, 0.6) is 0 Å². The number of aromatic nitrogens is 2. The monoisotopic (exact) mass is 313 g/mol. The molecule has 0 saturated carbocycles. The summed E-state index contributed by atoms with van der Waals surface area (Å²) in [4.78, 5) is 12.0. The fraction of sp³-hybridized carbons (Fsp3) is 0. The zero-order chi connectivity index (χ0) is 14.7. The van der Waals surface area contributed by atoms with E-state index >= 15 is 0 Å². The molecule has 9 heteroatoms. The maximum Gasteiger partial charge on any atom is 0.256 e. The maximum absolute atomic E-state index is 12.0. The fourth-order valence-electron chi connectivity index (χ4n) is 1.45. The molecule has 0 atom stereocenters. The number of halogens is 2. The van der Waals surface area contributed by atoms with Gasteiger partial charge in [0, 0.05) is 5.56 Å². The Morgan fingerprint density at radius 1 is 1.40 bits per heavy atom. The summed E-state index contributed by atoms with van der Waals surface area (Å²) in [7, 11) is 0. The predicted molar refractivity (Wildman–Crippen MR) is 75.5 cm³/mol. The molecule has 0 unspecified atom stereocenters. The molecule has 104 valence electrons. The van der Waals surface area contributed by atoms with Gasteiger partial charge in [0.2, 0.25) is 0 Å². The Kier molecular flexibility index (Phi) is 4.11. The Hall–Kier alpha value is -2.25. The first-order chi connectivity index (χ1) is 9.52. The van der Waals surface area contributed by atoms with Crippen molar-refractivity contribution >= 4 is 40.8 Å². The summed E-state index contributed by atoms with van der Waals surface area (Å²) < 4.78 is 0. The number of hydrogen-bond donors (Lipinski definition) is 4. The van der Waals surface area contributed by atoms with E-state index in [-0.39, 0.29) is 22.2 Å². The van der Waals surface area contributed by atoms with Crippen molar-refractivity contribution in [2.75, 3.05) is 5.32 Å². The molecule has 0 aliphatic rings. The van der Waals surface area contributed by atoms with Crippen LogP contribution in [0.4, 0.5) is 5.82 Å². The lowest BCUT2D eigenvalue weighted by Gasteiger charge is -2.06. The quantitative estimate of drug-likeness (QED) is 0.300. The molecule has 0 aliphatic carbocycles. The van der Waals surface area contributed by atoms with Crippen LogP contribution >= 0.6 is 23.2 Å². The summed E-state index contributed by atoms with van der Waals surface area (Å²) >= 11 is 11.6. The van der Waals surface area contributed by atoms with Crippen LogP contribution in [0.2, 0.25) is 10.0 Å². The van der Waals surface area contributed by atoms with Crippen LogP contribution in [0.15, 0.2) is 29.6 Å². The Labute approximate surface area is 123 Å². The van der Waals surface area contributed by atoms with Crippen LogP contribution in [0.25, 0.3) is 0 Å². The molecule has 0 spiro atoms. The lowest BCUT2D eigenvalue weighted by molar-refractivity contribution is 0.102. The van der Waals surface area contributed by atoms with Crippen LogP contribution in [0.3, 0.4) is 0 Å². The van der Waals surface area contributed by atoms with Gasteiger partial charge in [-0.3, -0.25) is 9.89 Å². The molecule has 2 rings (SSSR count). The molecule has 1 aromatic heterocycles. The minimum atomic E-state index is -0.445. The predicted octanol–water partition coefficient (Wildman–Crippen LogP) is 2.06. The fourth-order valence-corrected chi connectivity index (χ4v) is 1.75. The topological polar surface area (TPSA) is 116 Å². The highest BCUT2D eigenvalue weighted by atomic mass is 35.5. The Bertz CT molecular complexity index is 683. The number of aromatic amines is 1. The highest BCUT2D eigenvalue weighted by Gasteiger charge is 2.14. The first-order valence-corrected chi connectivity index (χ1v) is 6.06. The summed E-state index contributed by atoms with van der Waals surface area (Å²) in [5.41, 5.74) is 6.02. The van der Waals surface area contributed by atoms with E-state index in [9.17, 15) is 4.79 Å². The number of nitrogens with zero attached hydrogens (tertiary/aromatic N) is 2. The standard InChI is InChI=1S/C11H9Cl2N5O2/c12-7-2-1-5(3-8(7)13)11(19)16-10-6(4-15-17-10)9(14)18-20/h1-4,20H,(H2,14,18)(H2,15,16,17,19). The van der Waals surface area contributed by atoms with Crippen molar-refractivity contribution in [1.82, 2.24) is 10.2 Å². The molecule has 0 aliphatic heterocycles. The molecule has 1 amide bonds. The number of carbonyl (C=O) groups is 1. The van der Waals surface area contributed by atoms with Crippen molar-refractivity contribution < 1.29 is 10.0 Å². The lowest BCUT2D eigenvalue weighted by Crippen LogP contribution is -2.18. The van der Waals surface area contributed by atoms with E-state index in [1.807, 2.05) is 0 Å². The molecule has 1 aromatic carbocycles. The number of amidine groups is 1. The third-order valence-corrected chi connectivity index (χ3v) is 3.18. The number of amides is 1. The second-order valence-corrected chi connectivity index (χ2v) is 4.54. The van der Waals surface area contributed by atoms with Gasteiger partial charge in [0.1, 0.15) is 5.82 Å². The summed E-state index contributed by atoms with van der Waals surface area (Å²) in [6.45, 7) is 0. The van der Waals surface area contributed by atoms with Crippen molar-refractivity contribution in [3.8, 4) is 0 Å². The van der Waals surface area contributed by atoms with Gasteiger partial charge >= 0.3 is 0 Å². The molecular formula is C11H9Cl2N5O2. The normalized spacial score (nSPS) is 11.4. The van der Waals surface area contributed by atoms with Crippen LogP contribution in [-0.2, 0) is 0 Å². The van der Waals surface area contributed by atoms with E-state index in [2.05, 4.69) is 20.7 Å². The Morgan fingerprint density at radius 2 is 2.15 bits per heavy atom. The van der Waals surface area contributed by atoms with Gasteiger partial charge in [0.05, 0.1) is 21.8 Å². The van der Waals surface area contributed by atoms with E-state index in [0.717, 1.165) is 0 Å². The lowest BCUT2D eigenvalue weighted by atomic mass is 10.2. The number of carbonyl (C=O) groups excluding carboxylic acids is 1. The van der Waals surface area contributed by atoms with Crippen molar-refractivity contribution in [3.63, 3.8) is 0 Å². The van der Waals surface area contributed by atoms with E-state index in [1.165, 1.54) is 24.4 Å². The van der Waals surface area contributed by atoms with E-state index in [4.69, 9.17) is 34.1 Å².